The largest absolute Gasteiger partial charge is 0.481 e. The van der Waals surface area contributed by atoms with Crippen LogP contribution in [0.25, 0.3) is 0 Å². The summed E-state index contributed by atoms with van der Waals surface area (Å²) in [7, 11) is 0. The fourth-order valence-electron chi connectivity index (χ4n) is 14.9. The molecule has 3 heterocycles. The molecule has 25 atom stereocenters. The van der Waals surface area contributed by atoms with Crippen molar-refractivity contribution in [3.8, 4) is 0 Å². The van der Waals surface area contributed by atoms with E-state index >= 15 is 0 Å². The van der Waals surface area contributed by atoms with Crippen LogP contribution in [0, 0.1) is 50.2 Å². The standard InChI is InChI=1S/C48H76O21/c1-43(2)15-21-20-7-8-25-44(3)11-10-28(68-39-36(59)33(56)30(53)23(18-50)66-39)47(6,41(61)62)26(44)9-12-46(25,5)45(20,4)13-14-48(21,16-27(43)51)42(63)69-40-37(60)34(57)31(54)24(67-40)19-64-38-35(58)32(55)29(52)22(17-49)65-38/h7,21-40,49-60H,8-19H2,1-6H3,(H,61,62)/t21-,22-,23-,24-,25-,26-,27-,28+,29-,30-,31-,32+,33+,34+,35-,36-,37-,38-,39+,40+,44-,45-,46-,47+,48-/m1/s1. The van der Waals surface area contributed by atoms with Gasteiger partial charge in [-0.25, -0.2) is 0 Å². The predicted molar refractivity (Wildman–Crippen MR) is 234 cm³/mol. The molecule has 0 aromatic heterocycles. The Bertz CT molecular complexity index is 1930. The third-order valence-electron chi connectivity index (χ3n) is 19.6. The fraction of sp³-hybridized carbons (Fsp3) is 0.917. The molecule has 13 N–H and O–H groups in total. The van der Waals surface area contributed by atoms with E-state index in [0.717, 1.165) is 5.57 Å². The summed E-state index contributed by atoms with van der Waals surface area (Å²) in [6, 6.07) is 0. The van der Waals surface area contributed by atoms with Crippen molar-refractivity contribution in [2.75, 3.05) is 19.8 Å². The van der Waals surface area contributed by atoms with Crippen LogP contribution in [0.4, 0.5) is 0 Å². The second-order valence-electron chi connectivity index (χ2n) is 23.3. The molecule has 3 aliphatic heterocycles. The lowest BCUT2D eigenvalue weighted by atomic mass is 9.33. The zero-order valence-corrected chi connectivity index (χ0v) is 40.2. The van der Waals surface area contributed by atoms with E-state index in [1.165, 1.54) is 0 Å². The van der Waals surface area contributed by atoms with Crippen LogP contribution >= 0.6 is 0 Å². The number of carboxylic acids is 1. The number of allylic oxidation sites excluding steroid dienone is 2. The van der Waals surface area contributed by atoms with Crippen LogP contribution in [0.1, 0.15) is 99.3 Å². The zero-order valence-electron chi connectivity index (χ0n) is 40.2. The average Bonchev–Trinajstić information content (AvgIpc) is 3.30. The predicted octanol–water partition coefficient (Wildman–Crippen LogP) is -1.82. The minimum Gasteiger partial charge on any atom is -0.481 e. The summed E-state index contributed by atoms with van der Waals surface area (Å²) in [5, 5.41) is 138. The van der Waals surface area contributed by atoms with Gasteiger partial charge in [-0.15, -0.1) is 0 Å². The molecule has 394 valence electrons. The van der Waals surface area contributed by atoms with Crippen molar-refractivity contribution in [1.29, 1.82) is 0 Å². The van der Waals surface area contributed by atoms with E-state index in [1.807, 2.05) is 13.8 Å². The van der Waals surface area contributed by atoms with Gasteiger partial charge in [-0.05, 0) is 104 Å². The van der Waals surface area contributed by atoms with E-state index in [-0.39, 0.29) is 25.2 Å². The van der Waals surface area contributed by atoms with E-state index in [9.17, 15) is 76.0 Å². The first kappa shape index (κ1) is 53.3. The highest BCUT2D eigenvalue weighted by molar-refractivity contribution is 5.79. The van der Waals surface area contributed by atoms with Gasteiger partial charge in [0.05, 0.1) is 42.9 Å². The number of rotatable bonds is 10. The third kappa shape index (κ3) is 8.16. The number of carbonyl (C=O) groups is 2. The number of esters is 1. The van der Waals surface area contributed by atoms with E-state index in [2.05, 4.69) is 26.8 Å². The Hall–Kier alpha value is -2.00. The highest BCUT2D eigenvalue weighted by Crippen LogP contribution is 2.76. The molecule has 5 aliphatic carbocycles. The maximum absolute atomic E-state index is 15.0. The van der Waals surface area contributed by atoms with E-state index < -0.39 is 180 Å². The van der Waals surface area contributed by atoms with Crippen LogP contribution in [0.3, 0.4) is 0 Å². The lowest BCUT2D eigenvalue weighted by Gasteiger charge is -2.71. The van der Waals surface area contributed by atoms with Crippen LogP contribution in [0.2, 0.25) is 0 Å². The minimum absolute atomic E-state index is 0.0152. The maximum Gasteiger partial charge on any atom is 0.315 e. The first-order valence-corrected chi connectivity index (χ1v) is 24.6. The molecule has 3 saturated heterocycles. The van der Waals surface area contributed by atoms with Crippen LogP contribution in [-0.4, -0.2) is 202 Å². The molecule has 7 fully saturated rings. The smallest absolute Gasteiger partial charge is 0.315 e. The number of aliphatic hydroxyl groups is 12. The number of hydrogen-bond donors (Lipinski definition) is 13. The molecule has 0 radical (unpaired) electrons. The van der Waals surface area contributed by atoms with Crippen molar-refractivity contribution in [2.45, 2.75) is 204 Å². The summed E-state index contributed by atoms with van der Waals surface area (Å²) >= 11 is 0. The van der Waals surface area contributed by atoms with Gasteiger partial charge < -0.3 is 94.8 Å². The molecule has 0 bridgehead atoms. The molecule has 21 heteroatoms. The lowest BCUT2D eigenvalue weighted by Crippen LogP contribution is -2.68. The van der Waals surface area contributed by atoms with E-state index in [1.54, 1.807) is 6.92 Å². The molecule has 8 aliphatic rings. The maximum atomic E-state index is 15.0. The van der Waals surface area contributed by atoms with Gasteiger partial charge in [0.15, 0.2) is 12.6 Å². The van der Waals surface area contributed by atoms with Crippen LogP contribution in [-0.2, 0) is 38.0 Å². The zero-order chi connectivity index (χ0) is 50.7. The van der Waals surface area contributed by atoms with Gasteiger partial charge in [-0.1, -0.05) is 46.3 Å². The fourth-order valence-corrected chi connectivity index (χ4v) is 14.9. The number of carbonyl (C=O) groups excluding carboxylic acids is 1. The summed E-state index contributed by atoms with van der Waals surface area (Å²) in [4.78, 5) is 28.6. The number of hydrogen-bond acceptors (Lipinski definition) is 20. The SMILES string of the molecule is CC1(C)C[C@@H]2C3=CC[C@@H]4[C@@]5(C)CC[C@H](O[C@@H]6O[C@H](CO)[C@@H](O)[C@H](O)[C@H]6O)[C@@](C)(C(=O)O)[C@@H]5CC[C@@]4(C)[C@]3(C)CC[C@@]2(C(=O)O[C@@H]2O[C@H](CO[C@@H]3O[C@H](CO)[C@@H](O)[C@H](O)[C@H]3O)[C@@H](O)[C@H](O)[C@H]2O)C[C@H]1O. The molecule has 4 saturated carbocycles. The van der Waals surface area contributed by atoms with Gasteiger partial charge >= 0.3 is 11.9 Å². The van der Waals surface area contributed by atoms with Crippen molar-refractivity contribution in [3.63, 3.8) is 0 Å². The summed E-state index contributed by atoms with van der Waals surface area (Å²) in [6.45, 7) is 10.2. The van der Waals surface area contributed by atoms with Gasteiger partial charge in [0.2, 0.25) is 6.29 Å². The van der Waals surface area contributed by atoms with Crippen LogP contribution in [0.15, 0.2) is 11.6 Å². The summed E-state index contributed by atoms with van der Waals surface area (Å²) in [6.07, 6.45) is -20.7. The lowest BCUT2D eigenvalue weighted by molar-refractivity contribution is -0.330. The molecular weight excluding hydrogens is 913 g/mol. The third-order valence-corrected chi connectivity index (χ3v) is 19.6. The highest BCUT2D eigenvalue weighted by Gasteiger charge is 2.72. The normalized spacial score (nSPS) is 53.9. The van der Waals surface area contributed by atoms with Crippen molar-refractivity contribution in [1.82, 2.24) is 0 Å². The second-order valence-corrected chi connectivity index (χ2v) is 23.3. The van der Waals surface area contributed by atoms with Gasteiger partial charge in [-0.3, -0.25) is 9.59 Å². The molecule has 8 rings (SSSR count). The van der Waals surface area contributed by atoms with Gasteiger partial charge in [0, 0.05) is 0 Å². The number of carboxylic acid groups (broad SMARTS) is 1. The molecule has 21 nitrogen and oxygen atoms in total. The Kier molecular flexibility index (Phi) is 14.5. The summed E-state index contributed by atoms with van der Waals surface area (Å²) in [5.41, 5.74) is -3.89. The Morgan fingerprint density at radius 2 is 1.19 bits per heavy atom. The molecule has 0 amide bonds. The van der Waals surface area contributed by atoms with Gasteiger partial charge in [0.1, 0.15) is 73.2 Å². The van der Waals surface area contributed by atoms with Gasteiger partial charge in [-0.2, -0.15) is 0 Å². The quantitative estimate of drug-likeness (QED) is 0.0651. The number of aliphatic hydroxyl groups excluding tert-OH is 12. The van der Waals surface area contributed by atoms with Crippen molar-refractivity contribution in [3.05, 3.63) is 11.6 Å². The van der Waals surface area contributed by atoms with Crippen molar-refractivity contribution >= 4 is 11.9 Å². The van der Waals surface area contributed by atoms with Crippen LogP contribution < -0.4 is 0 Å². The van der Waals surface area contributed by atoms with Crippen molar-refractivity contribution < 1.29 is 104 Å². The average molecular weight is 989 g/mol. The molecule has 0 aromatic carbocycles. The number of fused-ring (bicyclic) bond motifs is 7. The number of ether oxygens (including phenoxy) is 6. The van der Waals surface area contributed by atoms with E-state index in [0.29, 0.717) is 38.5 Å². The Morgan fingerprint density at radius 1 is 0.638 bits per heavy atom. The Morgan fingerprint density at radius 3 is 1.78 bits per heavy atom. The Labute approximate surface area is 400 Å². The molecule has 0 unspecified atom stereocenters. The van der Waals surface area contributed by atoms with Crippen molar-refractivity contribution in [2.24, 2.45) is 50.2 Å². The van der Waals surface area contributed by atoms with E-state index in [4.69, 9.17) is 28.4 Å². The van der Waals surface area contributed by atoms with Gasteiger partial charge in [0.25, 0.3) is 0 Å². The summed E-state index contributed by atoms with van der Waals surface area (Å²) in [5.74, 6) is -2.76. The second kappa shape index (κ2) is 18.7. The first-order valence-electron chi connectivity index (χ1n) is 24.6. The minimum atomic E-state index is -1.92. The van der Waals surface area contributed by atoms with Crippen LogP contribution in [0.5, 0.6) is 0 Å². The molecule has 0 aromatic rings. The molecule has 0 spiro atoms. The molecule has 69 heavy (non-hydrogen) atoms. The number of aliphatic carboxylic acids is 1. The monoisotopic (exact) mass is 988 g/mol. The summed E-state index contributed by atoms with van der Waals surface area (Å²) < 4.78 is 34.9. The topological polar surface area (TPSA) is 353 Å². The Balaban J connectivity index is 1.05. The first-order chi connectivity index (χ1) is 32.2. The highest BCUT2D eigenvalue weighted by atomic mass is 16.7. The molecular formula is C48H76O21.